The third-order valence-electron chi connectivity index (χ3n) is 4.64. The first-order valence-electron chi connectivity index (χ1n) is 6.30. The molecule has 1 aliphatic carbocycles. The lowest BCUT2D eigenvalue weighted by molar-refractivity contribution is 0.0709. The van der Waals surface area contributed by atoms with Crippen LogP contribution in [0.2, 0.25) is 0 Å². The van der Waals surface area contributed by atoms with Crippen molar-refractivity contribution in [3.05, 3.63) is 0 Å². The van der Waals surface area contributed by atoms with E-state index in [4.69, 9.17) is 10.5 Å². The molecule has 0 aliphatic heterocycles. The van der Waals surface area contributed by atoms with Crippen molar-refractivity contribution in [3.8, 4) is 0 Å². The minimum Gasteiger partial charge on any atom is -0.385 e. The van der Waals surface area contributed by atoms with Gasteiger partial charge in [0.15, 0.2) is 0 Å². The molecule has 4 unspecified atom stereocenters. The monoisotopic (exact) mass is 213 g/mol. The molecule has 1 rings (SSSR count). The first kappa shape index (κ1) is 13.0. The summed E-state index contributed by atoms with van der Waals surface area (Å²) in [6.07, 6.45) is 4.91. The average Bonchev–Trinajstić information content (AvgIpc) is 2.22. The maximum absolute atomic E-state index is 6.62. The molecule has 15 heavy (non-hydrogen) atoms. The summed E-state index contributed by atoms with van der Waals surface area (Å²) >= 11 is 0. The molecule has 0 saturated heterocycles. The summed E-state index contributed by atoms with van der Waals surface area (Å²) in [4.78, 5) is 0. The third-order valence-corrected chi connectivity index (χ3v) is 4.64. The highest BCUT2D eigenvalue weighted by molar-refractivity contribution is 4.98. The second-order valence-corrected chi connectivity index (χ2v) is 5.45. The van der Waals surface area contributed by atoms with E-state index in [0.29, 0.717) is 11.8 Å². The van der Waals surface area contributed by atoms with Gasteiger partial charge in [-0.2, -0.15) is 0 Å². The summed E-state index contributed by atoms with van der Waals surface area (Å²) in [5.74, 6) is 1.97. The normalized spacial score (nSPS) is 39.0. The molecule has 1 aliphatic rings. The zero-order chi connectivity index (χ0) is 11.5. The second kappa shape index (κ2) is 5.31. The molecule has 2 nitrogen and oxygen atoms in total. The Labute approximate surface area is 94.6 Å². The number of hydrogen-bond acceptors (Lipinski definition) is 2. The van der Waals surface area contributed by atoms with Crippen LogP contribution >= 0.6 is 0 Å². The van der Waals surface area contributed by atoms with E-state index < -0.39 is 0 Å². The van der Waals surface area contributed by atoms with Crippen LogP contribution in [0.15, 0.2) is 0 Å². The highest BCUT2D eigenvalue weighted by Crippen LogP contribution is 2.41. The molecule has 90 valence electrons. The van der Waals surface area contributed by atoms with Gasteiger partial charge in [0.05, 0.1) is 0 Å². The number of ether oxygens (including phenoxy) is 1. The van der Waals surface area contributed by atoms with Crippen molar-refractivity contribution in [2.75, 3.05) is 13.7 Å². The molecule has 0 bridgehead atoms. The van der Waals surface area contributed by atoms with Crippen LogP contribution in [0.1, 0.15) is 46.5 Å². The molecule has 1 saturated carbocycles. The van der Waals surface area contributed by atoms with Gasteiger partial charge < -0.3 is 10.5 Å². The van der Waals surface area contributed by atoms with Crippen LogP contribution in [-0.2, 0) is 4.74 Å². The lowest BCUT2D eigenvalue weighted by atomic mass is 9.63. The molecular formula is C13H27NO. The smallest absolute Gasteiger partial charge is 0.0465 e. The Morgan fingerprint density at radius 1 is 1.47 bits per heavy atom. The van der Waals surface area contributed by atoms with E-state index in [2.05, 4.69) is 20.8 Å². The summed E-state index contributed by atoms with van der Waals surface area (Å²) in [6.45, 7) is 7.79. The Bertz CT molecular complexity index is 195. The minimum absolute atomic E-state index is 0.0379. The van der Waals surface area contributed by atoms with Crippen molar-refractivity contribution >= 4 is 0 Å². The summed E-state index contributed by atoms with van der Waals surface area (Å²) in [7, 11) is 1.77. The molecule has 0 aromatic heterocycles. The van der Waals surface area contributed by atoms with Crippen molar-refractivity contribution in [1.29, 1.82) is 0 Å². The number of rotatable bonds is 4. The van der Waals surface area contributed by atoms with Crippen LogP contribution in [-0.4, -0.2) is 19.3 Å². The van der Waals surface area contributed by atoms with Gasteiger partial charge in [0.25, 0.3) is 0 Å². The van der Waals surface area contributed by atoms with Gasteiger partial charge in [-0.25, -0.2) is 0 Å². The van der Waals surface area contributed by atoms with E-state index in [1.165, 1.54) is 19.3 Å². The average molecular weight is 213 g/mol. The Hall–Kier alpha value is -0.0800. The summed E-state index contributed by atoms with van der Waals surface area (Å²) < 4.78 is 5.15. The molecule has 0 aromatic carbocycles. The minimum atomic E-state index is 0.0379. The predicted octanol–water partition coefficient (Wildman–Crippen LogP) is 2.81. The van der Waals surface area contributed by atoms with Crippen LogP contribution in [0, 0.1) is 17.8 Å². The van der Waals surface area contributed by atoms with Crippen LogP contribution in [0.5, 0.6) is 0 Å². The summed E-state index contributed by atoms with van der Waals surface area (Å²) in [5.41, 5.74) is 6.66. The standard InChI is InChI=1S/C13H27NO/c1-10-6-5-8-13(14,12(10)3)11(2)7-9-15-4/h10-12H,5-9,14H2,1-4H3. The third kappa shape index (κ3) is 2.73. The van der Waals surface area contributed by atoms with Crippen LogP contribution < -0.4 is 5.73 Å². The SMILES string of the molecule is COCCC(C)C1(N)CCCC(C)C1C. The Morgan fingerprint density at radius 3 is 2.73 bits per heavy atom. The van der Waals surface area contributed by atoms with Gasteiger partial charge in [-0.1, -0.05) is 33.6 Å². The fourth-order valence-electron chi connectivity index (χ4n) is 3.00. The summed E-state index contributed by atoms with van der Waals surface area (Å²) in [5, 5.41) is 0. The Balaban J connectivity index is 2.61. The van der Waals surface area contributed by atoms with Crippen molar-refractivity contribution < 1.29 is 4.74 Å². The first-order valence-corrected chi connectivity index (χ1v) is 6.30. The van der Waals surface area contributed by atoms with Gasteiger partial charge >= 0.3 is 0 Å². The maximum Gasteiger partial charge on any atom is 0.0465 e. The van der Waals surface area contributed by atoms with Crippen LogP contribution in [0.25, 0.3) is 0 Å². The molecule has 0 aromatic rings. The van der Waals surface area contributed by atoms with Gasteiger partial charge in [0.1, 0.15) is 0 Å². The largest absolute Gasteiger partial charge is 0.385 e. The summed E-state index contributed by atoms with van der Waals surface area (Å²) in [6, 6.07) is 0. The quantitative estimate of drug-likeness (QED) is 0.779. The van der Waals surface area contributed by atoms with Crippen molar-refractivity contribution in [3.63, 3.8) is 0 Å². The van der Waals surface area contributed by atoms with Crippen molar-refractivity contribution in [2.24, 2.45) is 23.5 Å². The fraction of sp³-hybridized carbons (Fsp3) is 1.00. The molecule has 0 spiro atoms. The van der Waals surface area contributed by atoms with Gasteiger partial charge in [-0.3, -0.25) is 0 Å². The molecule has 2 heteroatoms. The molecule has 4 atom stereocenters. The van der Waals surface area contributed by atoms with E-state index in [-0.39, 0.29) is 5.54 Å². The Kier molecular flexibility index (Phi) is 4.60. The maximum atomic E-state index is 6.62. The molecule has 2 N–H and O–H groups in total. The second-order valence-electron chi connectivity index (χ2n) is 5.45. The van der Waals surface area contributed by atoms with Gasteiger partial charge in [-0.15, -0.1) is 0 Å². The zero-order valence-corrected chi connectivity index (χ0v) is 10.8. The highest BCUT2D eigenvalue weighted by Gasteiger charge is 2.41. The zero-order valence-electron chi connectivity index (χ0n) is 10.8. The molecule has 0 radical (unpaired) electrons. The Morgan fingerprint density at radius 2 is 2.13 bits per heavy atom. The van der Waals surface area contributed by atoms with Gasteiger partial charge in [0.2, 0.25) is 0 Å². The molecule has 1 fully saturated rings. The molecule has 0 heterocycles. The van der Waals surface area contributed by atoms with Crippen LogP contribution in [0.3, 0.4) is 0 Å². The fourth-order valence-corrected chi connectivity index (χ4v) is 3.00. The topological polar surface area (TPSA) is 35.2 Å². The first-order chi connectivity index (χ1) is 7.02. The van der Waals surface area contributed by atoms with Crippen molar-refractivity contribution in [2.45, 2.75) is 52.0 Å². The lowest BCUT2D eigenvalue weighted by Gasteiger charge is -2.47. The number of hydrogen-bond donors (Lipinski definition) is 1. The van der Waals surface area contributed by atoms with E-state index in [9.17, 15) is 0 Å². The van der Waals surface area contributed by atoms with E-state index >= 15 is 0 Å². The number of nitrogens with two attached hydrogens (primary N) is 1. The number of methoxy groups -OCH3 is 1. The predicted molar refractivity (Wildman–Crippen MR) is 64.8 cm³/mol. The van der Waals surface area contributed by atoms with Gasteiger partial charge in [0, 0.05) is 19.3 Å². The van der Waals surface area contributed by atoms with E-state index in [1.54, 1.807) is 7.11 Å². The van der Waals surface area contributed by atoms with Gasteiger partial charge in [-0.05, 0) is 30.6 Å². The lowest BCUT2D eigenvalue weighted by Crippen LogP contribution is -2.55. The molecular weight excluding hydrogens is 186 g/mol. The van der Waals surface area contributed by atoms with E-state index in [1.807, 2.05) is 0 Å². The van der Waals surface area contributed by atoms with Crippen molar-refractivity contribution in [1.82, 2.24) is 0 Å². The van der Waals surface area contributed by atoms with E-state index in [0.717, 1.165) is 18.9 Å². The highest BCUT2D eigenvalue weighted by atomic mass is 16.5. The van der Waals surface area contributed by atoms with Crippen LogP contribution in [0.4, 0.5) is 0 Å². The molecule has 0 amide bonds.